The van der Waals surface area contributed by atoms with Gasteiger partial charge in [-0.3, -0.25) is 4.79 Å². The maximum atomic E-state index is 11.8. The molecular formula is C10H13N3O6S. The predicted molar refractivity (Wildman–Crippen MR) is 67.5 cm³/mol. The summed E-state index contributed by atoms with van der Waals surface area (Å²) in [5, 5.41) is 19.0. The Morgan fingerprint density at radius 2 is 2.20 bits per heavy atom. The lowest BCUT2D eigenvalue weighted by atomic mass is 10.1. The standard InChI is InChI=1S/C10H13N3O6S/c1-7(4-10(14)15)5-12-20(18,19)8-2-3-9(11-6-8)13(16)17/h2-3,6-7,12H,4-5H2,1H3,(H,14,15). The SMILES string of the molecule is CC(CNS(=O)(=O)c1ccc([N+](=O)[O-])nc1)CC(=O)O. The highest BCUT2D eigenvalue weighted by Crippen LogP contribution is 2.12. The average molecular weight is 303 g/mol. The number of aliphatic carboxylic acids is 1. The van der Waals surface area contributed by atoms with Gasteiger partial charge in [0.05, 0.1) is 0 Å². The molecule has 0 aliphatic rings. The van der Waals surface area contributed by atoms with Gasteiger partial charge >= 0.3 is 11.8 Å². The lowest BCUT2D eigenvalue weighted by molar-refractivity contribution is -0.389. The van der Waals surface area contributed by atoms with Crippen LogP contribution in [-0.4, -0.2) is 35.9 Å². The fourth-order valence-electron chi connectivity index (χ4n) is 1.35. The Morgan fingerprint density at radius 1 is 1.55 bits per heavy atom. The van der Waals surface area contributed by atoms with E-state index in [4.69, 9.17) is 5.11 Å². The van der Waals surface area contributed by atoms with Crippen molar-refractivity contribution < 1.29 is 23.2 Å². The minimum atomic E-state index is -3.86. The van der Waals surface area contributed by atoms with Crippen LogP contribution in [0, 0.1) is 16.0 Å². The average Bonchev–Trinajstić information content (AvgIpc) is 2.36. The van der Waals surface area contributed by atoms with E-state index < -0.39 is 26.7 Å². The molecule has 10 heteroatoms. The third-order valence-corrected chi connectivity index (χ3v) is 3.77. The molecule has 1 aromatic rings. The predicted octanol–water partition coefficient (Wildman–Crippen LogP) is 0.379. The van der Waals surface area contributed by atoms with Crippen molar-refractivity contribution in [3.8, 4) is 0 Å². The maximum Gasteiger partial charge on any atom is 0.363 e. The van der Waals surface area contributed by atoms with Crippen molar-refractivity contribution in [2.45, 2.75) is 18.2 Å². The number of carboxylic acid groups (broad SMARTS) is 1. The number of carbonyl (C=O) groups is 1. The Morgan fingerprint density at radius 3 is 2.65 bits per heavy atom. The molecular weight excluding hydrogens is 290 g/mol. The summed E-state index contributed by atoms with van der Waals surface area (Å²) in [6.45, 7) is 1.54. The lowest BCUT2D eigenvalue weighted by Crippen LogP contribution is -2.29. The topological polar surface area (TPSA) is 140 Å². The van der Waals surface area contributed by atoms with Gasteiger partial charge in [0.2, 0.25) is 10.0 Å². The van der Waals surface area contributed by atoms with E-state index in [0.717, 1.165) is 18.3 Å². The summed E-state index contributed by atoms with van der Waals surface area (Å²) in [7, 11) is -3.86. The van der Waals surface area contributed by atoms with Gasteiger partial charge in [-0.2, -0.15) is 0 Å². The summed E-state index contributed by atoms with van der Waals surface area (Å²) >= 11 is 0. The summed E-state index contributed by atoms with van der Waals surface area (Å²) in [6.07, 6.45) is 0.712. The number of carboxylic acids is 1. The molecule has 0 bridgehead atoms. The molecule has 0 aliphatic carbocycles. The van der Waals surface area contributed by atoms with Gasteiger partial charge in [0.1, 0.15) is 4.90 Å². The molecule has 0 aliphatic heterocycles. The second-order valence-electron chi connectivity index (χ2n) is 4.16. The Kier molecular flexibility index (Phi) is 5.11. The third kappa shape index (κ3) is 4.55. The molecule has 1 unspecified atom stereocenters. The van der Waals surface area contributed by atoms with Gasteiger partial charge in [-0.05, 0) is 21.9 Å². The van der Waals surface area contributed by atoms with Crippen molar-refractivity contribution in [3.05, 3.63) is 28.4 Å². The fraction of sp³-hybridized carbons (Fsp3) is 0.400. The first-order valence-electron chi connectivity index (χ1n) is 5.54. The zero-order valence-corrected chi connectivity index (χ0v) is 11.3. The van der Waals surface area contributed by atoms with Crippen molar-refractivity contribution in [2.24, 2.45) is 5.92 Å². The van der Waals surface area contributed by atoms with Gasteiger partial charge in [-0.25, -0.2) is 13.1 Å². The van der Waals surface area contributed by atoms with Crippen LogP contribution < -0.4 is 4.72 Å². The largest absolute Gasteiger partial charge is 0.481 e. The monoisotopic (exact) mass is 303 g/mol. The van der Waals surface area contributed by atoms with Crippen molar-refractivity contribution >= 4 is 21.8 Å². The molecule has 0 saturated carbocycles. The summed E-state index contributed by atoms with van der Waals surface area (Å²) in [4.78, 5) is 23.3. The van der Waals surface area contributed by atoms with Crippen LogP contribution in [0.3, 0.4) is 0 Å². The number of nitrogens with one attached hydrogen (secondary N) is 1. The van der Waals surface area contributed by atoms with E-state index in [0.29, 0.717) is 0 Å². The van der Waals surface area contributed by atoms with Crippen LogP contribution in [0.1, 0.15) is 13.3 Å². The molecule has 1 aromatic heterocycles. The van der Waals surface area contributed by atoms with Gasteiger partial charge in [0.25, 0.3) is 0 Å². The smallest absolute Gasteiger partial charge is 0.363 e. The quantitative estimate of drug-likeness (QED) is 0.548. The first-order valence-corrected chi connectivity index (χ1v) is 7.02. The molecule has 2 N–H and O–H groups in total. The molecule has 0 fully saturated rings. The number of hydrogen-bond donors (Lipinski definition) is 2. The first-order chi connectivity index (χ1) is 9.22. The van der Waals surface area contributed by atoms with Crippen molar-refractivity contribution in [1.82, 2.24) is 9.71 Å². The van der Waals surface area contributed by atoms with E-state index in [1.807, 2.05) is 0 Å². The molecule has 1 heterocycles. The van der Waals surface area contributed by atoms with Crippen molar-refractivity contribution in [1.29, 1.82) is 0 Å². The highest BCUT2D eigenvalue weighted by molar-refractivity contribution is 7.89. The Hall–Kier alpha value is -2.07. The highest BCUT2D eigenvalue weighted by Gasteiger charge is 2.19. The second-order valence-corrected chi connectivity index (χ2v) is 5.93. The summed E-state index contributed by atoms with van der Waals surface area (Å²) < 4.78 is 25.9. The van der Waals surface area contributed by atoms with Gasteiger partial charge in [0, 0.05) is 19.0 Å². The number of hydrogen-bond acceptors (Lipinski definition) is 6. The minimum Gasteiger partial charge on any atom is -0.481 e. The van der Waals surface area contributed by atoms with E-state index in [1.165, 1.54) is 0 Å². The molecule has 110 valence electrons. The number of aromatic nitrogens is 1. The highest BCUT2D eigenvalue weighted by atomic mass is 32.2. The number of pyridine rings is 1. The Bertz CT molecular complexity index is 598. The molecule has 0 saturated heterocycles. The van der Waals surface area contributed by atoms with Crippen LogP contribution in [0.5, 0.6) is 0 Å². The van der Waals surface area contributed by atoms with Crippen LogP contribution in [0.25, 0.3) is 0 Å². The van der Waals surface area contributed by atoms with Gasteiger partial charge in [0.15, 0.2) is 6.20 Å². The summed E-state index contributed by atoms with van der Waals surface area (Å²) in [5.74, 6) is -1.86. The van der Waals surface area contributed by atoms with E-state index in [-0.39, 0.29) is 23.8 Å². The van der Waals surface area contributed by atoms with E-state index in [2.05, 4.69) is 9.71 Å². The van der Waals surface area contributed by atoms with Gasteiger partial charge in [-0.15, -0.1) is 0 Å². The number of sulfonamides is 1. The molecule has 0 amide bonds. The molecule has 1 rings (SSSR count). The first kappa shape index (κ1) is 16.0. The zero-order valence-electron chi connectivity index (χ0n) is 10.5. The number of rotatable bonds is 7. The molecule has 9 nitrogen and oxygen atoms in total. The number of nitrogens with zero attached hydrogens (tertiary/aromatic N) is 2. The normalized spacial score (nSPS) is 12.8. The minimum absolute atomic E-state index is 0.0500. The van der Waals surface area contributed by atoms with Crippen LogP contribution >= 0.6 is 0 Å². The third-order valence-electron chi connectivity index (χ3n) is 2.36. The summed E-state index contributed by atoms with van der Waals surface area (Å²) in [5.41, 5.74) is 0. The van der Waals surface area contributed by atoms with Gasteiger partial charge in [-0.1, -0.05) is 6.92 Å². The maximum absolute atomic E-state index is 11.8. The van der Waals surface area contributed by atoms with Crippen LogP contribution in [0.2, 0.25) is 0 Å². The van der Waals surface area contributed by atoms with Crippen LogP contribution in [-0.2, 0) is 14.8 Å². The molecule has 20 heavy (non-hydrogen) atoms. The Balaban J connectivity index is 2.73. The van der Waals surface area contributed by atoms with Crippen molar-refractivity contribution in [3.63, 3.8) is 0 Å². The fourth-order valence-corrected chi connectivity index (χ4v) is 2.45. The zero-order chi connectivity index (χ0) is 15.3. The van der Waals surface area contributed by atoms with Crippen LogP contribution in [0.15, 0.2) is 23.2 Å². The second kappa shape index (κ2) is 6.39. The summed E-state index contributed by atoms with van der Waals surface area (Å²) in [6, 6.07) is 2.05. The molecule has 1 atom stereocenters. The lowest BCUT2D eigenvalue weighted by Gasteiger charge is -2.10. The molecule has 0 radical (unpaired) electrons. The van der Waals surface area contributed by atoms with E-state index in [1.54, 1.807) is 6.92 Å². The van der Waals surface area contributed by atoms with Crippen molar-refractivity contribution in [2.75, 3.05) is 6.54 Å². The van der Waals surface area contributed by atoms with Crippen LogP contribution in [0.4, 0.5) is 5.82 Å². The Labute approximate surface area is 114 Å². The van der Waals surface area contributed by atoms with Gasteiger partial charge < -0.3 is 15.2 Å². The van der Waals surface area contributed by atoms with E-state index in [9.17, 15) is 23.3 Å². The molecule has 0 spiro atoms. The van der Waals surface area contributed by atoms with E-state index >= 15 is 0 Å². The number of nitro groups is 1. The molecule has 0 aromatic carbocycles.